The molecule has 1 saturated heterocycles. The maximum atomic E-state index is 13.3. The van der Waals surface area contributed by atoms with E-state index in [0.717, 1.165) is 6.20 Å². The molecule has 0 aromatic carbocycles. The number of piperidine rings is 1. The zero-order valence-corrected chi connectivity index (χ0v) is 10.7. The molecule has 0 radical (unpaired) electrons. The molecule has 0 unspecified atom stereocenters. The minimum Gasteiger partial charge on any atom is -0.351 e. The summed E-state index contributed by atoms with van der Waals surface area (Å²) in [6.07, 6.45) is 2.27. The predicted molar refractivity (Wildman–Crippen MR) is 69.7 cm³/mol. The Balaban J connectivity index is 1.95. The summed E-state index contributed by atoms with van der Waals surface area (Å²) >= 11 is 0. The molecular formula is C12H14FN5O2. The number of amides is 2. The van der Waals surface area contributed by atoms with Crippen molar-refractivity contribution in [2.75, 3.05) is 13.1 Å². The molecule has 3 rings (SSSR count). The van der Waals surface area contributed by atoms with Crippen molar-refractivity contribution in [3.05, 3.63) is 28.6 Å². The second kappa shape index (κ2) is 4.62. The Bertz CT molecular complexity index is 714. The molecule has 1 fully saturated rings. The van der Waals surface area contributed by atoms with Gasteiger partial charge in [-0.2, -0.15) is 0 Å². The summed E-state index contributed by atoms with van der Waals surface area (Å²) in [6.45, 7) is 0.976. The van der Waals surface area contributed by atoms with Gasteiger partial charge in [0, 0.05) is 25.2 Å². The van der Waals surface area contributed by atoms with Crippen LogP contribution < -0.4 is 11.4 Å². The Morgan fingerprint density at radius 3 is 2.80 bits per heavy atom. The number of carbonyl (C=O) groups is 1. The van der Waals surface area contributed by atoms with Gasteiger partial charge in [0.2, 0.25) is 0 Å². The van der Waals surface area contributed by atoms with Gasteiger partial charge in [-0.15, -0.1) is 0 Å². The van der Waals surface area contributed by atoms with Crippen LogP contribution in [-0.2, 0) is 0 Å². The molecule has 0 aliphatic carbocycles. The quantitative estimate of drug-likeness (QED) is 0.799. The van der Waals surface area contributed by atoms with Crippen LogP contribution in [0.3, 0.4) is 0 Å². The number of H-pyrrole nitrogens is 1. The van der Waals surface area contributed by atoms with E-state index < -0.39 is 11.8 Å². The average molecular weight is 279 g/mol. The number of aromatic nitrogens is 3. The number of rotatable bonds is 1. The molecule has 2 aromatic heterocycles. The van der Waals surface area contributed by atoms with Crippen LogP contribution in [0.25, 0.3) is 11.2 Å². The first-order valence-corrected chi connectivity index (χ1v) is 6.36. The molecule has 1 aliphatic heterocycles. The van der Waals surface area contributed by atoms with Crippen molar-refractivity contribution in [1.29, 1.82) is 0 Å². The van der Waals surface area contributed by atoms with Gasteiger partial charge >= 0.3 is 11.7 Å². The molecule has 106 valence electrons. The first-order valence-electron chi connectivity index (χ1n) is 6.36. The van der Waals surface area contributed by atoms with Crippen LogP contribution in [0.5, 0.6) is 0 Å². The predicted octanol–water partition coefficient (Wildman–Crippen LogP) is 0.579. The van der Waals surface area contributed by atoms with Crippen LogP contribution in [0.15, 0.2) is 17.1 Å². The second-order valence-corrected chi connectivity index (χ2v) is 4.88. The number of nitrogens with two attached hydrogens (primary N) is 1. The van der Waals surface area contributed by atoms with E-state index in [1.54, 1.807) is 0 Å². The van der Waals surface area contributed by atoms with Gasteiger partial charge in [0.1, 0.15) is 5.82 Å². The van der Waals surface area contributed by atoms with E-state index in [1.807, 2.05) is 0 Å². The molecule has 3 N–H and O–H groups in total. The number of nitrogens with zero attached hydrogens (tertiary/aromatic N) is 3. The first-order chi connectivity index (χ1) is 9.56. The van der Waals surface area contributed by atoms with Crippen molar-refractivity contribution in [2.24, 2.45) is 5.73 Å². The number of primary amides is 1. The van der Waals surface area contributed by atoms with Gasteiger partial charge < -0.3 is 10.6 Å². The largest absolute Gasteiger partial charge is 0.351 e. The van der Waals surface area contributed by atoms with Crippen molar-refractivity contribution in [3.63, 3.8) is 0 Å². The molecule has 3 heterocycles. The lowest BCUT2D eigenvalue weighted by Gasteiger charge is -2.31. The van der Waals surface area contributed by atoms with Crippen molar-refractivity contribution in [3.8, 4) is 0 Å². The number of pyridine rings is 1. The zero-order chi connectivity index (χ0) is 14.3. The van der Waals surface area contributed by atoms with Crippen molar-refractivity contribution < 1.29 is 9.18 Å². The smallest absolute Gasteiger partial charge is 0.327 e. The number of hydrogen-bond donors (Lipinski definition) is 2. The zero-order valence-electron chi connectivity index (χ0n) is 10.7. The van der Waals surface area contributed by atoms with E-state index in [2.05, 4.69) is 9.97 Å². The summed E-state index contributed by atoms with van der Waals surface area (Å²) in [6, 6.07) is 0.749. The Kier molecular flexibility index (Phi) is 2.92. The monoisotopic (exact) mass is 279 g/mol. The lowest BCUT2D eigenvalue weighted by atomic mass is 10.1. The third-order valence-corrected chi connectivity index (χ3v) is 3.68. The van der Waals surface area contributed by atoms with Crippen molar-refractivity contribution >= 4 is 17.2 Å². The highest BCUT2D eigenvalue weighted by molar-refractivity contribution is 5.72. The highest BCUT2D eigenvalue weighted by atomic mass is 19.1. The minimum absolute atomic E-state index is 0.0875. The third kappa shape index (κ3) is 2.02. The SMILES string of the molecule is NC(=O)N1CCC(n2c(=O)[nH]c3ncc(F)cc32)CC1. The van der Waals surface area contributed by atoms with E-state index in [0.29, 0.717) is 37.1 Å². The standard InChI is InChI=1S/C12H14FN5O2/c13-7-5-9-10(15-6-7)16-12(20)18(9)8-1-3-17(4-2-8)11(14)19/h5-6,8H,1-4H2,(H2,14,19)(H,15,16,20). The molecule has 20 heavy (non-hydrogen) atoms. The molecule has 0 spiro atoms. The molecule has 0 atom stereocenters. The number of likely N-dealkylation sites (tertiary alicyclic amines) is 1. The number of halogens is 1. The number of aromatic amines is 1. The number of urea groups is 1. The topological polar surface area (TPSA) is 97.0 Å². The fourth-order valence-corrected chi connectivity index (χ4v) is 2.69. The van der Waals surface area contributed by atoms with Gasteiger partial charge in [0.25, 0.3) is 0 Å². The van der Waals surface area contributed by atoms with Gasteiger partial charge in [-0.05, 0) is 12.8 Å². The summed E-state index contributed by atoms with van der Waals surface area (Å²) < 4.78 is 14.8. The normalized spacial score (nSPS) is 16.8. The van der Waals surface area contributed by atoms with Gasteiger partial charge in [-0.25, -0.2) is 19.0 Å². The highest BCUT2D eigenvalue weighted by Gasteiger charge is 2.25. The highest BCUT2D eigenvalue weighted by Crippen LogP contribution is 2.24. The van der Waals surface area contributed by atoms with Crippen LogP contribution in [0, 0.1) is 5.82 Å². The van der Waals surface area contributed by atoms with Crippen molar-refractivity contribution in [1.82, 2.24) is 19.4 Å². The van der Waals surface area contributed by atoms with Crippen molar-refractivity contribution in [2.45, 2.75) is 18.9 Å². The van der Waals surface area contributed by atoms with E-state index in [4.69, 9.17) is 5.73 Å². The van der Waals surface area contributed by atoms with Crippen LogP contribution in [-0.4, -0.2) is 38.6 Å². The van der Waals surface area contributed by atoms with Gasteiger partial charge in [-0.3, -0.25) is 9.55 Å². The van der Waals surface area contributed by atoms with E-state index >= 15 is 0 Å². The Morgan fingerprint density at radius 1 is 1.45 bits per heavy atom. The van der Waals surface area contributed by atoms with Crippen LogP contribution in [0.2, 0.25) is 0 Å². The number of nitrogens with one attached hydrogen (secondary N) is 1. The minimum atomic E-state index is -0.486. The third-order valence-electron chi connectivity index (χ3n) is 3.68. The van der Waals surface area contributed by atoms with Gasteiger partial charge in [0.05, 0.1) is 11.7 Å². The van der Waals surface area contributed by atoms with Gasteiger partial charge in [0.15, 0.2) is 5.65 Å². The van der Waals surface area contributed by atoms with Crippen LogP contribution >= 0.6 is 0 Å². The summed E-state index contributed by atoms with van der Waals surface area (Å²) in [5, 5.41) is 0. The number of fused-ring (bicyclic) bond motifs is 1. The van der Waals surface area contributed by atoms with E-state index in [9.17, 15) is 14.0 Å². The summed E-state index contributed by atoms with van der Waals surface area (Å²) in [7, 11) is 0. The maximum absolute atomic E-state index is 13.3. The number of imidazole rings is 1. The molecule has 2 amide bonds. The Morgan fingerprint density at radius 2 is 2.15 bits per heavy atom. The fraction of sp³-hybridized carbons (Fsp3) is 0.417. The van der Waals surface area contributed by atoms with E-state index in [-0.39, 0.29) is 11.7 Å². The molecular weight excluding hydrogens is 265 g/mol. The fourth-order valence-electron chi connectivity index (χ4n) is 2.69. The van der Waals surface area contributed by atoms with Crippen LogP contribution in [0.1, 0.15) is 18.9 Å². The molecule has 7 nitrogen and oxygen atoms in total. The Hall–Kier alpha value is -2.38. The lowest BCUT2D eigenvalue weighted by Crippen LogP contribution is -2.43. The first kappa shape index (κ1) is 12.6. The van der Waals surface area contributed by atoms with Crippen LogP contribution in [0.4, 0.5) is 9.18 Å². The summed E-state index contributed by atoms with van der Waals surface area (Å²) in [4.78, 5) is 31.1. The van der Waals surface area contributed by atoms with E-state index in [1.165, 1.54) is 15.5 Å². The molecule has 8 heteroatoms. The maximum Gasteiger partial charge on any atom is 0.327 e. The average Bonchev–Trinajstić information content (AvgIpc) is 2.74. The number of hydrogen-bond acceptors (Lipinski definition) is 3. The van der Waals surface area contributed by atoms with Gasteiger partial charge in [-0.1, -0.05) is 0 Å². The lowest BCUT2D eigenvalue weighted by molar-refractivity contribution is 0.180. The summed E-state index contributed by atoms with van der Waals surface area (Å²) in [5.41, 5.74) is 5.74. The molecule has 1 aliphatic rings. The molecule has 0 saturated carbocycles. The second-order valence-electron chi connectivity index (χ2n) is 4.88. The number of carbonyl (C=O) groups excluding carboxylic acids is 1. The summed E-state index contributed by atoms with van der Waals surface area (Å²) in [5.74, 6) is -0.486. The Labute approximate surface area is 113 Å². The molecule has 2 aromatic rings. The molecule has 0 bridgehead atoms.